The molecule has 80 valence electrons. The second-order valence-electron chi connectivity index (χ2n) is 3.35. The predicted octanol–water partition coefficient (Wildman–Crippen LogP) is 1.06. The van der Waals surface area contributed by atoms with Gasteiger partial charge in [0.25, 0.3) is 5.60 Å². The molecule has 0 radical (unpaired) electrons. The van der Waals surface area contributed by atoms with Crippen LogP contribution in [0.15, 0.2) is 24.3 Å². The van der Waals surface area contributed by atoms with E-state index >= 15 is 0 Å². The first-order chi connectivity index (χ1) is 7.12. The van der Waals surface area contributed by atoms with Gasteiger partial charge in [0, 0.05) is 0 Å². The Bertz CT molecular complexity index is 370. The van der Waals surface area contributed by atoms with Gasteiger partial charge in [0.05, 0.1) is 0 Å². The molecular formula is C10H9FO4. The summed E-state index contributed by atoms with van der Waals surface area (Å²) in [5.41, 5.74) is -1.31. The van der Waals surface area contributed by atoms with Gasteiger partial charge in [0.15, 0.2) is 0 Å². The quantitative estimate of drug-likeness (QED) is 0.813. The number of rotatable bonds is 3. The van der Waals surface area contributed by atoms with Gasteiger partial charge in [-0.3, -0.25) is 0 Å². The van der Waals surface area contributed by atoms with Crippen LogP contribution in [0.2, 0.25) is 0 Å². The second kappa shape index (κ2) is 3.51. The third-order valence-corrected chi connectivity index (χ3v) is 2.19. The Morgan fingerprint density at radius 1 is 1.40 bits per heavy atom. The number of benzene rings is 1. The lowest BCUT2D eigenvalue weighted by Crippen LogP contribution is -2.60. The van der Waals surface area contributed by atoms with Crippen LogP contribution in [-0.4, -0.2) is 29.9 Å². The minimum Gasteiger partial charge on any atom is -0.478 e. The summed E-state index contributed by atoms with van der Waals surface area (Å²) in [5.74, 6) is -1.14. The summed E-state index contributed by atoms with van der Waals surface area (Å²) in [7, 11) is 0. The van der Waals surface area contributed by atoms with Crippen molar-refractivity contribution < 1.29 is 23.8 Å². The Hall–Kier alpha value is -1.62. The molecule has 1 aliphatic heterocycles. The predicted molar refractivity (Wildman–Crippen MR) is 48.2 cm³/mol. The Labute approximate surface area is 85.2 Å². The number of carbonyl (C=O) groups is 1. The van der Waals surface area contributed by atoms with E-state index in [4.69, 9.17) is 14.6 Å². The fourth-order valence-corrected chi connectivity index (χ4v) is 1.24. The zero-order valence-corrected chi connectivity index (χ0v) is 7.77. The van der Waals surface area contributed by atoms with Crippen molar-refractivity contribution >= 4 is 5.97 Å². The molecule has 1 N–H and O–H groups in total. The maximum atomic E-state index is 12.6. The van der Waals surface area contributed by atoms with Crippen molar-refractivity contribution in [3.8, 4) is 5.75 Å². The summed E-state index contributed by atoms with van der Waals surface area (Å²) in [6.45, 7) is 0.0272. The lowest BCUT2D eigenvalue weighted by atomic mass is 10.0. The average molecular weight is 212 g/mol. The summed E-state index contributed by atoms with van der Waals surface area (Å²) in [6.07, 6.45) is 0. The van der Waals surface area contributed by atoms with E-state index in [0.29, 0.717) is 5.75 Å². The van der Waals surface area contributed by atoms with E-state index in [9.17, 15) is 9.18 Å². The molecule has 4 nitrogen and oxygen atoms in total. The molecule has 0 unspecified atom stereocenters. The van der Waals surface area contributed by atoms with Crippen molar-refractivity contribution in [3.05, 3.63) is 30.1 Å². The number of halogens is 1. The highest BCUT2D eigenvalue weighted by molar-refractivity contribution is 5.79. The van der Waals surface area contributed by atoms with E-state index in [1.54, 1.807) is 0 Å². The van der Waals surface area contributed by atoms with E-state index in [0.717, 1.165) is 0 Å². The molecule has 0 amide bonds. The Balaban J connectivity index is 2.13. The summed E-state index contributed by atoms with van der Waals surface area (Å²) >= 11 is 0. The van der Waals surface area contributed by atoms with E-state index in [-0.39, 0.29) is 13.2 Å². The molecule has 5 heteroatoms. The monoisotopic (exact) mass is 212 g/mol. The van der Waals surface area contributed by atoms with Crippen molar-refractivity contribution in [2.45, 2.75) is 5.60 Å². The maximum Gasteiger partial charge on any atom is 0.353 e. The number of ether oxygens (including phenoxy) is 2. The zero-order chi connectivity index (χ0) is 10.9. The average Bonchev–Trinajstić information content (AvgIpc) is 2.13. The molecule has 15 heavy (non-hydrogen) atoms. The molecule has 1 saturated heterocycles. The van der Waals surface area contributed by atoms with Crippen LogP contribution in [0.5, 0.6) is 5.75 Å². The molecule has 0 aliphatic carbocycles. The number of hydrogen-bond acceptors (Lipinski definition) is 3. The molecule has 1 fully saturated rings. The van der Waals surface area contributed by atoms with Gasteiger partial charge < -0.3 is 14.6 Å². The van der Waals surface area contributed by atoms with Crippen molar-refractivity contribution in [2.75, 3.05) is 13.2 Å². The Kier molecular flexibility index (Phi) is 2.32. The fourth-order valence-electron chi connectivity index (χ4n) is 1.24. The molecule has 1 aromatic rings. The van der Waals surface area contributed by atoms with Crippen molar-refractivity contribution in [1.29, 1.82) is 0 Å². The molecule has 1 aliphatic rings. The lowest BCUT2D eigenvalue weighted by Gasteiger charge is -2.37. The van der Waals surface area contributed by atoms with Crippen LogP contribution in [0.25, 0.3) is 0 Å². The van der Waals surface area contributed by atoms with Crippen LogP contribution in [0.1, 0.15) is 0 Å². The highest BCUT2D eigenvalue weighted by atomic mass is 19.1. The first-order valence-corrected chi connectivity index (χ1v) is 4.38. The topological polar surface area (TPSA) is 55.8 Å². The molecule has 2 rings (SSSR count). The number of aliphatic carboxylic acids is 1. The van der Waals surface area contributed by atoms with E-state index in [1.165, 1.54) is 24.3 Å². The Morgan fingerprint density at radius 3 is 2.40 bits per heavy atom. The van der Waals surface area contributed by atoms with Gasteiger partial charge >= 0.3 is 5.97 Å². The summed E-state index contributed by atoms with van der Waals surface area (Å²) in [6, 6.07) is 5.20. The van der Waals surface area contributed by atoms with Gasteiger partial charge in [-0.25, -0.2) is 9.18 Å². The van der Waals surface area contributed by atoms with E-state index in [1.807, 2.05) is 0 Å². The third kappa shape index (κ3) is 1.78. The van der Waals surface area contributed by atoms with Crippen LogP contribution >= 0.6 is 0 Å². The summed E-state index contributed by atoms with van der Waals surface area (Å²) in [5, 5.41) is 8.92. The van der Waals surface area contributed by atoms with E-state index in [2.05, 4.69) is 0 Å². The molecule has 1 aromatic carbocycles. The first kappa shape index (κ1) is 9.92. The molecule has 0 bridgehead atoms. The molecule has 0 saturated carbocycles. The minimum absolute atomic E-state index is 0.0136. The normalized spacial score (nSPS) is 17.9. The fraction of sp³-hybridized carbons (Fsp3) is 0.300. The van der Waals surface area contributed by atoms with Crippen molar-refractivity contribution in [2.24, 2.45) is 0 Å². The van der Waals surface area contributed by atoms with Crippen LogP contribution in [0.4, 0.5) is 4.39 Å². The molecule has 1 heterocycles. The van der Waals surface area contributed by atoms with Crippen LogP contribution in [0, 0.1) is 5.82 Å². The molecule has 0 spiro atoms. The first-order valence-electron chi connectivity index (χ1n) is 4.38. The second-order valence-corrected chi connectivity index (χ2v) is 3.35. The molecule has 0 atom stereocenters. The third-order valence-electron chi connectivity index (χ3n) is 2.19. The zero-order valence-electron chi connectivity index (χ0n) is 7.77. The number of hydrogen-bond donors (Lipinski definition) is 1. The van der Waals surface area contributed by atoms with Gasteiger partial charge in [-0.05, 0) is 24.3 Å². The number of carboxylic acids is 1. The van der Waals surface area contributed by atoms with Gasteiger partial charge in [0.1, 0.15) is 24.8 Å². The van der Waals surface area contributed by atoms with Crippen LogP contribution in [0.3, 0.4) is 0 Å². The summed E-state index contributed by atoms with van der Waals surface area (Å²) in [4.78, 5) is 10.9. The lowest BCUT2D eigenvalue weighted by molar-refractivity contribution is -0.197. The van der Waals surface area contributed by atoms with Gasteiger partial charge in [-0.2, -0.15) is 0 Å². The molecule has 0 aromatic heterocycles. The van der Waals surface area contributed by atoms with Gasteiger partial charge in [-0.1, -0.05) is 0 Å². The standard InChI is InChI=1S/C10H9FO4/c11-7-1-3-8(4-2-7)15-10(9(12)13)5-14-6-10/h1-4H,5-6H2,(H,12,13). The minimum atomic E-state index is -1.31. The highest BCUT2D eigenvalue weighted by Gasteiger charge is 2.49. The Morgan fingerprint density at radius 2 is 2.00 bits per heavy atom. The van der Waals surface area contributed by atoms with Crippen LogP contribution < -0.4 is 4.74 Å². The molecular weight excluding hydrogens is 203 g/mol. The van der Waals surface area contributed by atoms with Gasteiger partial charge in [-0.15, -0.1) is 0 Å². The maximum absolute atomic E-state index is 12.6. The summed E-state index contributed by atoms with van der Waals surface area (Å²) < 4.78 is 22.7. The van der Waals surface area contributed by atoms with Crippen molar-refractivity contribution in [3.63, 3.8) is 0 Å². The smallest absolute Gasteiger partial charge is 0.353 e. The van der Waals surface area contributed by atoms with Gasteiger partial charge in [0.2, 0.25) is 0 Å². The van der Waals surface area contributed by atoms with Crippen LogP contribution in [-0.2, 0) is 9.53 Å². The van der Waals surface area contributed by atoms with Crippen molar-refractivity contribution in [1.82, 2.24) is 0 Å². The SMILES string of the molecule is O=C(O)C1(Oc2ccc(F)cc2)COC1. The largest absolute Gasteiger partial charge is 0.478 e. The van der Waals surface area contributed by atoms with E-state index < -0.39 is 17.4 Å². The highest BCUT2D eigenvalue weighted by Crippen LogP contribution is 2.25. The number of carboxylic acid groups (broad SMARTS) is 1.